The monoisotopic (exact) mass is 400 g/mol. The lowest BCUT2D eigenvalue weighted by Crippen LogP contribution is -2.27. The Morgan fingerprint density at radius 3 is 2.79 bits per heavy atom. The van der Waals surface area contributed by atoms with Gasteiger partial charge in [-0.3, -0.25) is 5.41 Å². The van der Waals surface area contributed by atoms with Crippen LogP contribution in [0.2, 0.25) is 0 Å². The van der Waals surface area contributed by atoms with Gasteiger partial charge in [-0.25, -0.2) is 13.4 Å². The number of hydrogen-bond donors (Lipinski definition) is 2. The molecule has 2 aromatic rings. The molecule has 8 heteroatoms. The van der Waals surface area contributed by atoms with Gasteiger partial charge in [-0.2, -0.15) is 0 Å². The van der Waals surface area contributed by atoms with Gasteiger partial charge in [0.2, 0.25) is 0 Å². The Morgan fingerprint density at radius 2 is 2.00 bits per heavy atom. The normalized spacial score (nSPS) is 19.1. The molecular formula is C20H24N4O3S. The summed E-state index contributed by atoms with van der Waals surface area (Å²) in [6.07, 6.45) is 4.64. The van der Waals surface area contributed by atoms with Gasteiger partial charge >= 0.3 is 0 Å². The Morgan fingerprint density at radius 1 is 1.18 bits per heavy atom. The maximum absolute atomic E-state index is 11.9. The van der Waals surface area contributed by atoms with Crippen molar-refractivity contribution in [3.8, 4) is 5.75 Å². The van der Waals surface area contributed by atoms with Crippen molar-refractivity contribution >= 4 is 27.1 Å². The van der Waals surface area contributed by atoms with Crippen molar-refractivity contribution in [2.45, 2.75) is 25.4 Å². The van der Waals surface area contributed by atoms with Crippen molar-refractivity contribution in [2.75, 3.05) is 35.2 Å². The maximum atomic E-state index is 11.9. The summed E-state index contributed by atoms with van der Waals surface area (Å²) in [6, 6.07) is 9.01. The third-order valence-corrected chi connectivity index (χ3v) is 6.75. The molecule has 3 N–H and O–H groups in total. The highest BCUT2D eigenvalue weighted by Gasteiger charge is 2.24. The molecule has 2 heterocycles. The minimum absolute atomic E-state index is 0.129. The van der Waals surface area contributed by atoms with Crippen molar-refractivity contribution in [3.63, 3.8) is 0 Å². The van der Waals surface area contributed by atoms with Gasteiger partial charge in [0.15, 0.2) is 9.84 Å². The van der Waals surface area contributed by atoms with Crippen LogP contribution in [0.1, 0.15) is 30.4 Å². The van der Waals surface area contributed by atoms with Crippen LogP contribution in [-0.4, -0.2) is 49.8 Å². The Bertz CT molecular complexity index is 1000. The van der Waals surface area contributed by atoms with Crippen molar-refractivity contribution in [3.05, 3.63) is 47.7 Å². The second kappa shape index (κ2) is 7.43. The zero-order valence-electron chi connectivity index (χ0n) is 15.6. The highest BCUT2D eigenvalue weighted by Crippen LogP contribution is 2.30. The number of sulfone groups is 1. The van der Waals surface area contributed by atoms with Crippen molar-refractivity contribution in [1.29, 1.82) is 5.41 Å². The molecular weight excluding hydrogens is 376 g/mol. The Balaban J connectivity index is 1.58. The van der Waals surface area contributed by atoms with E-state index in [0.29, 0.717) is 47.9 Å². The van der Waals surface area contributed by atoms with Gasteiger partial charge in [0.25, 0.3) is 0 Å². The first-order valence-corrected chi connectivity index (χ1v) is 11.3. The van der Waals surface area contributed by atoms with E-state index in [1.165, 1.54) is 0 Å². The van der Waals surface area contributed by atoms with Gasteiger partial charge in [-0.1, -0.05) is 0 Å². The zero-order valence-corrected chi connectivity index (χ0v) is 16.4. The summed E-state index contributed by atoms with van der Waals surface area (Å²) < 4.78 is 29.5. The molecule has 1 aromatic carbocycles. The molecule has 0 unspecified atom stereocenters. The van der Waals surface area contributed by atoms with E-state index >= 15 is 0 Å². The highest BCUT2D eigenvalue weighted by molar-refractivity contribution is 7.91. The quantitative estimate of drug-likeness (QED) is 0.588. The van der Waals surface area contributed by atoms with E-state index in [9.17, 15) is 8.42 Å². The lowest BCUT2D eigenvalue weighted by Gasteiger charge is -2.21. The fourth-order valence-corrected chi connectivity index (χ4v) is 4.55. The second-order valence-electron chi connectivity index (χ2n) is 7.34. The molecule has 148 valence electrons. The van der Waals surface area contributed by atoms with Gasteiger partial charge in [0.1, 0.15) is 11.6 Å². The minimum Gasteiger partial charge on any atom is -0.490 e. The first kappa shape index (κ1) is 18.7. The smallest absolute Gasteiger partial charge is 0.152 e. The van der Waals surface area contributed by atoms with Crippen LogP contribution < -0.4 is 15.4 Å². The fraction of sp³-hybridized carbons (Fsp3) is 0.400. The van der Waals surface area contributed by atoms with Crippen LogP contribution in [0, 0.1) is 5.41 Å². The number of benzene rings is 1. The molecule has 0 amide bonds. The largest absolute Gasteiger partial charge is 0.490 e. The number of hydrogen-bond acceptors (Lipinski definition) is 7. The predicted octanol–water partition coefficient (Wildman–Crippen LogP) is 2.25. The molecule has 1 saturated carbocycles. The molecule has 2 aliphatic rings. The van der Waals surface area contributed by atoms with Crippen molar-refractivity contribution in [2.24, 2.45) is 0 Å². The van der Waals surface area contributed by atoms with Crippen LogP contribution in [0.15, 0.2) is 36.5 Å². The average molecular weight is 401 g/mol. The van der Waals surface area contributed by atoms with Crippen LogP contribution >= 0.6 is 0 Å². The maximum Gasteiger partial charge on any atom is 0.152 e. The molecule has 1 aromatic heterocycles. The summed E-state index contributed by atoms with van der Waals surface area (Å²) >= 11 is 0. The standard InChI is InChI=1S/C20H24N4O3S/c21-18-5-4-16(27-15-2-3-15)13-17(18)20(22)14-6-7-23-19(12-14)24-8-1-10-28(25,26)11-9-24/h4-7,12-13,15,22H,1-3,8-11,21H2. The summed E-state index contributed by atoms with van der Waals surface area (Å²) in [7, 11) is -2.99. The average Bonchev–Trinajstić information content (AvgIpc) is 3.50. The Kier molecular flexibility index (Phi) is 4.97. The fourth-order valence-electron chi connectivity index (χ4n) is 3.27. The number of nitrogens with zero attached hydrogens (tertiary/aromatic N) is 2. The summed E-state index contributed by atoms with van der Waals surface area (Å²) in [5.74, 6) is 1.75. The van der Waals surface area contributed by atoms with Gasteiger partial charge in [0.05, 0.1) is 23.3 Å². The van der Waals surface area contributed by atoms with E-state index in [-0.39, 0.29) is 17.6 Å². The van der Waals surface area contributed by atoms with Gasteiger partial charge in [-0.05, 0) is 49.6 Å². The molecule has 0 spiro atoms. The van der Waals surface area contributed by atoms with Gasteiger partial charge in [-0.15, -0.1) is 0 Å². The summed E-state index contributed by atoms with van der Waals surface area (Å²) in [5, 5.41) is 8.65. The molecule has 7 nitrogen and oxygen atoms in total. The lowest BCUT2D eigenvalue weighted by atomic mass is 10.0. The second-order valence-corrected chi connectivity index (χ2v) is 9.64. The van der Waals surface area contributed by atoms with E-state index in [1.54, 1.807) is 18.3 Å². The van der Waals surface area contributed by atoms with E-state index in [4.69, 9.17) is 15.9 Å². The number of nitrogens with two attached hydrogens (primary N) is 1. The van der Waals surface area contributed by atoms with Crippen LogP contribution in [0.4, 0.5) is 11.5 Å². The zero-order chi connectivity index (χ0) is 19.7. The summed E-state index contributed by atoms with van der Waals surface area (Å²) in [6.45, 7) is 1.05. The van der Waals surface area contributed by atoms with Crippen LogP contribution in [0.25, 0.3) is 0 Å². The number of rotatable bonds is 5. The highest BCUT2D eigenvalue weighted by atomic mass is 32.2. The summed E-state index contributed by atoms with van der Waals surface area (Å²) in [4.78, 5) is 6.36. The van der Waals surface area contributed by atoms with Crippen LogP contribution in [0.3, 0.4) is 0 Å². The number of pyridine rings is 1. The number of anilines is 2. The third-order valence-electron chi connectivity index (χ3n) is 5.03. The van der Waals surface area contributed by atoms with E-state index in [1.807, 2.05) is 23.1 Å². The van der Waals surface area contributed by atoms with E-state index in [2.05, 4.69) is 4.98 Å². The lowest BCUT2D eigenvalue weighted by molar-refractivity contribution is 0.303. The van der Waals surface area contributed by atoms with Gasteiger partial charge < -0.3 is 15.4 Å². The number of nitrogens with one attached hydrogen (secondary N) is 1. The topological polar surface area (TPSA) is 109 Å². The van der Waals surface area contributed by atoms with Crippen LogP contribution in [-0.2, 0) is 9.84 Å². The molecule has 1 aliphatic heterocycles. The predicted molar refractivity (Wildman–Crippen MR) is 110 cm³/mol. The van der Waals surface area contributed by atoms with Crippen LogP contribution in [0.5, 0.6) is 5.75 Å². The van der Waals surface area contributed by atoms with E-state index in [0.717, 1.165) is 18.6 Å². The minimum atomic E-state index is -2.99. The van der Waals surface area contributed by atoms with Gasteiger partial charge in [0, 0.05) is 36.1 Å². The summed E-state index contributed by atoms with van der Waals surface area (Å²) in [5.41, 5.74) is 8.24. The third kappa shape index (κ3) is 4.27. The SMILES string of the molecule is N=C(c1ccnc(N2CCCS(=O)(=O)CC2)c1)c1cc(OC2CC2)ccc1N. The van der Waals surface area contributed by atoms with Crippen molar-refractivity contribution in [1.82, 2.24) is 4.98 Å². The number of aromatic nitrogens is 1. The first-order chi connectivity index (χ1) is 13.4. The molecule has 0 atom stereocenters. The number of nitrogen functional groups attached to an aromatic ring is 1. The Hall–Kier alpha value is -2.61. The van der Waals surface area contributed by atoms with E-state index < -0.39 is 9.84 Å². The molecule has 2 fully saturated rings. The molecule has 4 rings (SSSR count). The number of ether oxygens (including phenoxy) is 1. The molecule has 0 radical (unpaired) electrons. The Labute approximate surface area is 165 Å². The first-order valence-electron chi connectivity index (χ1n) is 9.48. The van der Waals surface area contributed by atoms with Crippen molar-refractivity contribution < 1.29 is 13.2 Å². The molecule has 0 bridgehead atoms. The molecule has 1 aliphatic carbocycles. The molecule has 28 heavy (non-hydrogen) atoms. The molecule has 1 saturated heterocycles.